The maximum Gasteiger partial charge on any atom is 0.433 e. The summed E-state index contributed by atoms with van der Waals surface area (Å²) in [5.41, 5.74) is -0.910. The third-order valence-electron chi connectivity index (χ3n) is 4.07. The fourth-order valence-corrected chi connectivity index (χ4v) is 2.61. The molecule has 0 bridgehead atoms. The molecule has 0 spiro atoms. The van der Waals surface area contributed by atoms with Crippen molar-refractivity contribution in [2.75, 3.05) is 13.2 Å². The lowest BCUT2D eigenvalue weighted by Crippen LogP contribution is -2.35. The van der Waals surface area contributed by atoms with E-state index < -0.39 is 17.9 Å². The lowest BCUT2D eigenvalue weighted by Gasteiger charge is -2.22. The van der Waals surface area contributed by atoms with Crippen molar-refractivity contribution in [1.29, 1.82) is 0 Å². The number of alkyl halides is 3. The Kier molecular flexibility index (Phi) is 5.21. The van der Waals surface area contributed by atoms with Crippen molar-refractivity contribution in [3.8, 4) is 11.4 Å². The first kappa shape index (κ1) is 18.3. The average molecular weight is 370 g/mol. The molecule has 3 rings (SSSR count). The first-order valence-electron chi connectivity index (χ1n) is 8.10. The molecule has 1 unspecified atom stereocenters. The fraction of sp³-hybridized carbons (Fsp3) is 0.500. The van der Waals surface area contributed by atoms with E-state index in [1.807, 2.05) is 0 Å². The number of aromatic nitrogens is 3. The van der Waals surface area contributed by atoms with Crippen molar-refractivity contribution < 1.29 is 27.2 Å². The van der Waals surface area contributed by atoms with Gasteiger partial charge in [-0.1, -0.05) is 5.16 Å². The SMILES string of the molecule is CC(NC(=O)C1CCOCC1)c1nc(-c2ccnc(C(F)(F)F)c2)no1. The number of amides is 1. The lowest BCUT2D eigenvalue weighted by molar-refractivity contribution is -0.141. The summed E-state index contributed by atoms with van der Waals surface area (Å²) in [6.45, 7) is 2.75. The summed E-state index contributed by atoms with van der Waals surface area (Å²) < 4.78 is 48.6. The van der Waals surface area contributed by atoms with E-state index >= 15 is 0 Å². The first-order valence-corrected chi connectivity index (χ1v) is 8.10. The summed E-state index contributed by atoms with van der Waals surface area (Å²) in [6, 6.07) is 1.64. The molecule has 7 nitrogen and oxygen atoms in total. The van der Waals surface area contributed by atoms with Crippen LogP contribution in [-0.2, 0) is 15.7 Å². The topological polar surface area (TPSA) is 90.1 Å². The molecule has 10 heteroatoms. The number of carbonyl (C=O) groups is 1. The summed E-state index contributed by atoms with van der Waals surface area (Å²) in [5, 5.41) is 6.48. The van der Waals surface area contributed by atoms with Gasteiger partial charge in [-0.2, -0.15) is 18.2 Å². The van der Waals surface area contributed by atoms with E-state index in [4.69, 9.17) is 9.26 Å². The quantitative estimate of drug-likeness (QED) is 0.890. The fourth-order valence-electron chi connectivity index (χ4n) is 2.61. The Morgan fingerprint density at radius 1 is 1.35 bits per heavy atom. The Hall–Kier alpha value is -2.49. The molecule has 1 N–H and O–H groups in total. The predicted octanol–water partition coefficient (Wildman–Crippen LogP) is 2.75. The van der Waals surface area contributed by atoms with Crippen LogP contribution in [0.5, 0.6) is 0 Å². The summed E-state index contributed by atoms with van der Waals surface area (Å²) in [6.07, 6.45) is -2.24. The van der Waals surface area contributed by atoms with Crippen LogP contribution < -0.4 is 5.32 Å². The minimum atomic E-state index is -4.56. The lowest BCUT2D eigenvalue weighted by atomic mass is 9.99. The van der Waals surface area contributed by atoms with Crippen LogP contribution in [0, 0.1) is 5.92 Å². The highest BCUT2D eigenvalue weighted by molar-refractivity contribution is 5.79. The van der Waals surface area contributed by atoms with Gasteiger partial charge in [0.2, 0.25) is 17.6 Å². The Bertz CT molecular complexity index is 772. The van der Waals surface area contributed by atoms with Crippen LogP contribution in [0.2, 0.25) is 0 Å². The number of nitrogens with zero attached hydrogens (tertiary/aromatic N) is 3. The van der Waals surface area contributed by atoms with Gasteiger partial charge in [-0.3, -0.25) is 9.78 Å². The van der Waals surface area contributed by atoms with Crippen molar-refractivity contribution in [3.63, 3.8) is 0 Å². The average Bonchev–Trinajstić information content (AvgIpc) is 3.12. The van der Waals surface area contributed by atoms with Gasteiger partial charge in [0.05, 0.1) is 0 Å². The number of halogens is 3. The number of nitrogens with one attached hydrogen (secondary N) is 1. The van der Waals surface area contributed by atoms with Crippen molar-refractivity contribution in [3.05, 3.63) is 29.9 Å². The highest BCUT2D eigenvalue weighted by atomic mass is 19.4. The number of hydrogen-bond donors (Lipinski definition) is 1. The number of pyridine rings is 1. The second-order valence-corrected chi connectivity index (χ2v) is 6.00. The highest BCUT2D eigenvalue weighted by Gasteiger charge is 2.33. The maximum absolute atomic E-state index is 12.8. The van der Waals surface area contributed by atoms with Crippen molar-refractivity contribution in [1.82, 2.24) is 20.4 Å². The highest BCUT2D eigenvalue weighted by Crippen LogP contribution is 2.30. The molecular formula is C16H17F3N4O3. The molecule has 1 saturated heterocycles. The molecule has 2 aromatic rings. The largest absolute Gasteiger partial charge is 0.433 e. The summed E-state index contributed by atoms with van der Waals surface area (Å²) in [4.78, 5) is 19.6. The summed E-state index contributed by atoms with van der Waals surface area (Å²) in [7, 11) is 0. The number of ether oxygens (including phenoxy) is 1. The Morgan fingerprint density at radius 2 is 2.08 bits per heavy atom. The minimum Gasteiger partial charge on any atom is -0.381 e. The molecule has 1 aliphatic rings. The van der Waals surface area contributed by atoms with Gasteiger partial charge in [-0.25, -0.2) is 0 Å². The maximum atomic E-state index is 12.8. The molecule has 26 heavy (non-hydrogen) atoms. The van der Waals surface area contributed by atoms with Crippen LogP contribution in [0.25, 0.3) is 11.4 Å². The van der Waals surface area contributed by atoms with Crippen LogP contribution in [0.4, 0.5) is 13.2 Å². The van der Waals surface area contributed by atoms with Gasteiger partial charge >= 0.3 is 6.18 Å². The van der Waals surface area contributed by atoms with Gasteiger partial charge in [0.1, 0.15) is 11.7 Å². The molecular weight excluding hydrogens is 353 g/mol. The van der Waals surface area contributed by atoms with Crippen LogP contribution in [0.3, 0.4) is 0 Å². The Labute approximate surface area is 146 Å². The van der Waals surface area contributed by atoms with Crippen LogP contribution in [0.15, 0.2) is 22.9 Å². The number of carbonyl (C=O) groups excluding carboxylic acids is 1. The zero-order chi connectivity index (χ0) is 18.7. The molecule has 1 amide bonds. The molecule has 1 aliphatic heterocycles. The van der Waals surface area contributed by atoms with Gasteiger partial charge < -0.3 is 14.6 Å². The van der Waals surface area contributed by atoms with Gasteiger partial charge in [0, 0.05) is 30.9 Å². The zero-order valence-electron chi connectivity index (χ0n) is 13.9. The molecule has 3 heterocycles. The van der Waals surface area contributed by atoms with Gasteiger partial charge in [0.25, 0.3) is 0 Å². The van der Waals surface area contributed by atoms with E-state index in [2.05, 4.69) is 20.4 Å². The summed E-state index contributed by atoms with van der Waals surface area (Å²) >= 11 is 0. The standard InChI is InChI=1S/C16H17F3N4O3/c1-9(21-14(24)10-3-6-25-7-4-10)15-22-13(23-26-15)11-2-5-20-12(8-11)16(17,18)19/h2,5,8-10H,3-4,6-7H2,1H3,(H,21,24). The van der Waals surface area contributed by atoms with Gasteiger partial charge in [0.15, 0.2) is 0 Å². The van der Waals surface area contributed by atoms with Crippen molar-refractivity contribution in [2.24, 2.45) is 5.92 Å². The minimum absolute atomic E-state index is 0.0000605. The van der Waals surface area contributed by atoms with E-state index in [1.165, 1.54) is 6.07 Å². The van der Waals surface area contributed by atoms with E-state index in [0.29, 0.717) is 26.1 Å². The third kappa shape index (κ3) is 4.18. The van der Waals surface area contributed by atoms with Crippen LogP contribution in [-0.4, -0.2) is 34.2 Å². The molecule has 0 aliphatic carbocycles. The van der Waals surface area contributed by atoms with Gasteiger partial charge in [-0.05, 0) is 31.9 Å². The molecule has 1 atom stereocenters. The first-order chi connectivity index (χ1) is 12.3. The molecule has 2 aromatic heterocycles. The smallest absolute Gasteiger partial charge is 0.381 e. The molecule has 1 fully saturated rings. The number of rotatable bonds is 4. The van der Waals surface area contributed by atoms with Gasteiger partial charge in [-0.15, -0.1) is 0 Å². The van der Waals surface area contributed by atoms with Crippen LogP contribution in [0.1, 0.15) is 37.4 Å². The second-order valence-electron chi connectivity index (χ2n) is 6.00. The van der Waals surface area contributed by atoms with E-state index in [9.17, 15) is 18.0 Å². The summed E-state index contributed by atoms with van der Waals surface area (Å²) in [5.74, 6) is -0.155. The Balaban J connectivity index is 1.70. The van der Waals surface area contributed by atoms with Crippen molar-refractivity contribution >= 4 is 5.91 Å². The second kappa shape index (κ2) is 7.40. The normalized spacial score (nSPS) is 17.1. The molecule has 0 aromatic carbocycles. The van der Waals surface area contributed by atoms with E-state index in [0.717, 1.165) is 12.3 Å². The zero-order valence-corrected chi connectivity index (χ0v) is 13.9. The molecule has 140 valence electrons. The molecule has 0 saturated carbocycles. The van der Waals surface area contributed by atoms with E-state index in [-0.39, 0.29) is 29.1 Å². The monoisotopic (exact) mass is 370 g/mol. The molecule has 0 radical (unpaired) electrons. The Morgan fingerprint density at radius 3 is 2.77 bits per heavy atom. The van der Waals surface area contributed by atoms with Crippen molar-refractivity contribution in [2.45, 2.75) is 32.0 Å². The number of hydrogen-bond acceptors (Lipinski definition) is 6. The van der Waals surface area contributed by atoms with Crippen LogP contribution >= 0.6 is 0 Å². The van der Waals surface area contributed by atoms with E-state index in [1.54, 1.807) is 6.92 Å². The third-order valence-corrected chi connectivity index (χ3v) is 4.07. The predicted molar refractivity (Wildman–Crippen MR) is 82.6 cm³/mol.